The zero-order chi connectivity index (χ0) is 30.6. The van der Waals surface area contributed by atoms with E-state index in [1.807, 2.05) is 20.8 Å². The maximum Gasteiger partial charge on any atom is 0.315 e. The van der Waals surface area contributed by atoms with Crippen molar-refractivity contribution in [2.24, 2.45) is 34.5 Å². The second kappa shape index (κ2) is 11.0. The normalized spacial score (nSPS) is 30.4. The molecular formula is C30H46FN7O4. The fourth-order valence-electron chi connectivity index (χ4n) is 7.43. The summed E-state index contributed by atoms with van der Waals surface area (Å²) in [7, 11) is 0. The van der Waals surface area contributed by atoms with Crippen LogP contribution in [0.15, 0.2) is 0 Å². The summed E-state index contributed by atoms with van der Waals surface area (Å²) in [6.07, 6.45) is 2.84. The Morgan fingerprint density at radius 3 is 2.43 bits per heavy atom. The van der Waals surface area contributed by atoms with E-state index in [1.165, 1.54) is 0 Å². The summed E-state index contributed by atoms with van der Waals surface area (Å²) in [4.78, 5) is 56.7. The molecule has 3 aliphatic heterocycles. The zero-order valence-electron chi connectivity index (χ0n) is 25.5. The highest BCUT2D eigenvalue weighted by Gasteiger charge is 2.70. The van der Waals surface area contributed by atoms with E-state index in [2.05, 4.69) is 46.1 Å². The molecule has 0 aromatic rings. The smallest absolute Gasteiger partial charge is 0.315 e. The van der Waals surface area contributed by atoms with Crippen LogP contribution in [0.1, 0.15) is 60.3 Å². The molecule has 0 unspecified atom stereocenters. The number of nitriles is 1. The number of carbonyl (C=O) groups is 4. The summed E-state index contributed by atoms with van der Waals surface area (Å²) in [5, 5.41) is 21.4. The molecule has 5 aliphatic rings. The van der Waals surface area contributed by atoms with Gasteiger partial charge in [0, 0.05) is 50.1 Å². The van der Waals surface area contributed by atoms with Crippen molar-refractivity contribution in [3.05, 3.63) is 0 Å². The van der Waals surface area contributed by atoms with E-state index in [9.17, 15) is 28.8 Å². The maximum atomic E-state index is 14.0. The molecular weight excluding hydrogens is 541 g/mol. The van der Waals surface area contributed by atoms with Gasteiger partial charge in [0.2, 0.25) is 17.7 Å². The number of alkyl halides is 1. The molecule has 5 amide bonds. The summed E-state index contributed by atoms with van der Waals surface area (Å²) >= 11 is 0. The first-order chi connectivity index (χ1) is 19.7. The van der Waals surface area contributed by atoms with Crippen molar-refractivity contribution < 1.29 is 23.6 Å². The molecule has 6 atom stereocenters. The average molecular weight is 588 g/mol. The van der Waals surface area contributed by atoms with Crippen molar-refractivity contribution in [1.29, 1.82) is 5.26 Å². The van der Waals surface area contributed by atoms with Gasteiger partial charge in [-0.05, 0) is 48.3 Å². The number of fused-ring (bicyclic) bond motifs is 1. The number of nitrogens with one attached hydrogen (secondary N) is 4. The molecule has 42 heavy (non-hydrogen) atoms. The molecule has 0 aromatic carbocycles. The van der Waals surface area contributed by atoms with Crippen LogP contribution in [0.25, 0.3) is 0 Å². The summed E-state index contributed by atoms with van der Waals surface area (Å²) < 4.78 is 12.7. The Kier molecular flexibility index (Phi) is 7.96. The maximum absolute atomic E-state index is 14.0. The monoisotopic (exact) mass is 587 g/mol. The summed E-state index contributed by atoms with van der Waals surface area (Å²) in [6, 6.07) is -0.787. The van der Waals surface area contributed by atoms with Crippen molar-refractivity contribution in [2.75, 3.05) is 39.4 Å². The molecule has 0 aromatic heterocycles. The Morgan fingerprint density at radius 1 is 1.17 bits per heavy atom. The molecule has 1 spiro atoms. The summed E-state index contributed by atoms with van der Waals surface area (Å²) in [5.41, 5.74) is -0.863. The van der Waals surface area contributed by atoms with Gasteiger partial charge in [0.05, 0.1) is 12.7 Å². The van der Waals surface area contributed by atoms with Crippen LogP contribution in [0.5, 0.6) is 0 Å². The van der Waals surface area contributed by atoms with E-state index in [0.717, 1.165) is 12.8 Å². The lowest BCUT2D eigenvalue weighted by molar-refractivity contribution is -0.143. The van der Waals surface area contributed by atoms with Crippen molar-refractivity contribution in [1.82, 2.24) is 31.1 Å². The number of carbonyl (C=O) groups excluding carboxylic acids is 4. The number of rotatable bonds is 10. The lowest BCUT2D eigenvalue weighted by Crippen LogP contribution is -2.61. The second-order valence-electron chi connectivity index (χ2n) is 15.0. The zero-order valence-corrected chi connectivity index (χ0v) is 25.5. The number of amides is 5. The quantitative estimate of drug-likeness (QED) is 0.302. The number of nitrogens with zero attached hydrogens (tertiary/aromatic N) is 3. The molecule has 2 saturated carbocycles. The van der Waals surface area contributed by atoms with Gasteiger partial charge >= 0.3 is 6.03 Å². The Hall–Kier alpha value is -2.94. The number of hydrogen-bond donors (Lipinski definition) is 4. The van der Waals surface area contributed by atoms with Crippen LogP contribution < -0.4 is 21.3 Å². The highest BCUT2D eigenvalue weighted by molar-refractivity contribution is 5.94. The SMILES string of the molecule is CC(C)(C)[C@H](NC(=O)NCCN1CC(CF)C1)C(=O)N1C[C@H]2[C@@H]([C@H]1C(=O)N[C@H](C#N)C[C@@H]1CC3(CC3)NC1=O)C2(C)C. The minimum absolute atomic E-state index is 0.0515. The van der Waals surface area contributed by atoms with E-state index in [1.54, 1.807) is 4.90 Å². The van der Waals surface area contributed by atoms with Gasteiger partial charge in [-0.2, -0.15) is 5.26 Å². The highest BCUT2D eigenvalue weighted by Crippen LogP contribution is 2.65. The van der Waals surface area contributed by atoms with Crippen LogP contribution in [0.2, 0.25) is 0 Å². The molecule has 5 fully saturated rings. The Labute approximate surface area is 247 Å². The molecule has 0 bridgehead atoms. The molecule has 232 valence electrons. The van der Waals surface area contributed by atoms with Crippen LogP contribution >= 0.6 is 0 Å². The first-order valence-corrected chi connectivity index (χ1v) is 15.3. The standard InChI is InChI=1S/C30H46FN7O4/c1-28(2,3)23(35-27(42)33-8-9-37-14-17(12-31)15-37)26(41)38-16-20-21(29(20,4)5)22(38)25(40)34-19(13-32)10-18-11-30(6-7-30)36-24(18)39/h17-23H,6-12,14-16H2,1-5H3,(H,34,40)(H,36,39)(H2,33,35,42)/t18-,19+,20+,21+,22+,23-/m1/s1. The van der Waals surface area contributed by atoms with Gasteiger partial charge < -0.3 is 31.1 Å². The lowest BCUT2D eigenvalue weighted by Gasteiger charge is -2.38. The first kappa shape index (κ1) is 30.5. The molecule has 4 N–H and O–H groups in total. The number of piperidine rings is 1. The molecule has 2 aliphatic carbocycles. The average Bonchev–Trinajstić information content (AvgIpc) is 3.61. The summed E-state index contributed by atoms with van der Waals surface area (Å²) in [6.45, 7) is 12.2. The van der Waals surface area contributed by atoms with Gasteiger partial charge in [-0.15, -0.1) is 0 Å². The Morgan fingerprint density at radius 2 is 1.86 bits per heavy atom. The minimum Gasteiger partial charge on any atom is -0.350 e. The van der Waals surface area contributed by atoms with Crippen LogP contribution in [-0.2, 0) is 14.4 Å². The third kappa shape index (κ3) is 5.94. The number of hydrogen-bond acceptors (Lipinski definition) is 6. The van der Waals surface area contributed by atoms with E-state index >= 15 is 0 Å². The van der Waals surface area contributed by atoms with Gasteiger partial charge in [-0.25, -0.2) is 4.79 Å². The molecule has 11 nitrogen and oxygen atoms in total. The van der Waals surface area contributed by atoms with Crippen LogP contribution in [0, 0.1) is 45.8 Å². The van der Waals surface area contributed by atoms with Gasteiger partial charge in [-0.3, -0.25) is 18.8 Å². The second-order valence-corrected chi connectivity index (χ2v) is 15.0. The van der Waals surface area contributed by atoms with E-state index in [4.69, 9.17) is 0 Å². The predicted molar refractivity (Wildman–Crippen MR) is 152 cm³/mol. The van der Waals surface area contributed by atoms with E-state index < -0.39 is 29.6 Å². The minimum atomic E-state index is -0.878. The Bertz CT molecular complexity index is 1150. The van der Waals surface area contributed by atoms with Gasteiger partial charge in [0.15, 0.2) is 0 Å². The van der Waals surface area contributed by atoms with Crippen molar-refractivity contribution >= 4 is 23.8 Å². The van der Waals surface area contributed by atoms with E-state index in [-0.39, 0.29) is 65.4 Å². The van der Waals surface area contributed by atoms with Crippen molar-refractivity contribution in [3.8, 4) is 6.07 Å². The number of halogens is 1. The third-order valence-electron chi connectivity index (χ3n) is 10.4. The molecule has 3 heterocycles. The predicted octanol–water partition coefficient (Wildman–Crippen LogP) is 1.15. The largest absolute Gasteiger partial charge is 0.350 e. The third-order valence-corrected chi connectivity index (χ3v) is 10.4. The topological polar surface area (TPSA) is 147 Å². The van der Waals surface area contributed by atoms with Crippen LogP contribution in [-0.4, -0.2) is 96.6 Å². The van der Waals surface area contributed by atoms with Crippen molar-refractivity contribution in [2.45, 2.75) is 84.0 Å². The molecule has 0 radical (unpaired) electrons. The number of likely N-dealkylation sites (tertiary alicyclic amines) is 2. The van der Waals surface area contributed by atoms with E-state index in [0.29, 0.717) is 39.1 Å². The van der Waals surface area contributed by atoms with Gasteiger partial charge in [0.1, 0.15) is 18.1 Å². The fraction of sp³-hybridized carbons (Fsp3) is 0.833. The molecule has 5 rings (SSSR count). The highest BCUT2D eigenvalue weighted by atomic mass is 19.1. The van der Waals surface area contributed by atoms with Crippen LogP contribution in [0.4, 0.5) is 9.18 Å². The van der Waals surface area contributed by atoms with Gasteiger partial charge in [-0.1, -0.05) is 34.6 Å². The lowest BCUT2D eigenvalue weighted by atomic mass is 9.85. The Balaban J connectivity index is 1.21. The number of urea groups is 1. The van der Waals surface area contributed by atoms with Gasteiger partial charge in [0.25, 0.3) is 0 Å². The first-order valence-electron chi connectivity index (χ1n) is 15.3. The molecule has 12 heteroatoms. The molecule has 3 saturated heterocycles. The van der Waals surface area contributed by atoms with Crippen LogP contribution in [0.3, 0.4) is 0 Å². The van der Waals surface area contributed by atoms with Crippen molar-refractivity contribution in [3.63, 3.8) is 0 Å². The fourth-order valence-corrected chi connectivity index (χ4v) is 7.43. The summed E-state index contributed by atoms with van der Waals surface area (Å²) in [5.74, 6) is -0.919.